The number of hydrogen-bond donors (Lipinski definition) is 0. The molecule has 10 nitrogen and oxygen atoms in total. The van der Waals surface area contributed by atoms with E-state index in [1.807, 2.05) is 0 Å². The average Bonchev–Trinajstić information content (AvgIpc) is 3.16. The summed E-state index contributed by atoms with van der Waals surface area (Å²) in [5.41, 5.74) is 1.37. The van der Waals surface area contributed by atoms with Crippen molar-refractivity contribution >= 4 is 35.3 Å². The van der Waals surface area contributed by atoms with Gasteiger partial charge in [-0.15, -0.1) is 0 Å². The van der Waals surface area contributed by atoms with Crippen LogP contribution in [0.1, 0.15) is 37.9 Å². The number of ether oxygens (including phenoxy) is 4. The van der Waals surface area contributed by atoms with E-state index in [1.54, 1.807) is 49.4 Å². The van der Waals surface area contributed by atoms with E-state index in [-0.39, 0.29) is 22.6 Å². The van der Waals surface area contributed by atoms with Crippen molar-refractivity contribution < 1.29 is 33.3 Å². The van der Waals surface area contributed by atoms with Gasteiger partial charge in [0.1, 0.15) is 5.75 Å². The predicted octanol–water partition coefficient (Wildman–Crippen LogP) is 2.27. The number of carbonyl (C=O) groups excluding carboxylic acids is 3. The smallest absolute Gasteiger partial charge is 0.338 e. The standard InChI is InChI=1S/C27H24N2O8S/c1-14-23(26(33)35-5)24(18-9-10-20(37-16(3)31)21(13-18)34-4)29-25(32)22(38-27(29)28-14)12-17-7-6-8-19(11-17)36-15(2)30/h6-13,24H,1-5H3/b22-12+. The molecule has 38 heavy (non-hydrogen) atoms. The minimum atomic E-state index is -0.881. The van der Waals surface area contributed by atoms with Gasteiger partial charge in [0.25, 0.3) is 5.56 Å². The van der Waals surface area contributed by atoms with Crippen LogP contribution in [-0.4, -0.2) is 36.7 Å². The molecule has 0 radical (unpaired) electrons. The van der Waals surface area contributed by atoms with E-state index in [9.17, 15) is 19.2 Å². The van der Waals surface area contributed by atoms with Crippen molar-refractivity contribution in [3.8, 4) is 17.2 Å². The third-order valence-electron chi connectivity index (χ3n) is 5.60. The summed E-state index contributed by atoms with van der Waals surface area (Å²) in [6.07, 6.45) is 1.66. The molecule has 2 aromatic carbocycles. The molecule has 4 rings (SSSR count). The number of hydrogen-bond acceptors (Lipinski definition) is 10. The fourth-order valence-electron chi connectivity index (χ4n) is 4.09. The van der Waals surface area contributed by atoms with E-state index >= 15 is 0 Å². The fourth-order valence-corrected chi connectivity index (χ4v) is 5.13. The van der Waals surface area contributed by atoms with Crippen molar-refractivity contribution in [2.24, 2.45) is 4.99 Å². The van der Waals surface area contributed by atoms with Crippen LogP contribution in [0.15, 0.2) is 63.5 Å². The van der Waals surface area contributed by atoms with Gasteiger partial charge in [-0.2, -0.15) is 0 Å². The number of nitrogens with zero attached hydrogens (tertiary/aromatic N) is 2. The van der Waals surface area contributed by atoms with Crippen molar-refractivity contribution in [2.45, 2.75) is 26.8 Å². The molecule has 11 heteroatoms. The number of rotatable bonds is 6. The number of methoxy groups -OCH3 is 2. The fraction of sp³-hybridized carbons (Fsp3) is 0.222. The molecule has 3 aromatic rings. The first-order valence-electron chi connectivity index (χ1n) is 11.4. The Bertz CT molecular complexity index is 1660. The van der Waals surface area contributed by atoms with Crippen molar-refractivity contribution in [1.82, 2.24) is 4.57 Å². The van der Waals surface area contributed by atoms with Gasteiger partial charge in [0.05, 0.1) is 36.1 Å². The van der Waals surface area contributed by atoms with Gasteiger partial charge in [-0.1, -0.05) is 29.5 Å². The van der Waals surface area contributed by atoms with E-state index in [1.165, 1.54) is 38.7 Å². The van der Waals surface area contributed by atoms with Crippen LogP contribution in [0.2, 0.25) is 0 Å². The summed E-state index contributed by atoms with van der Waals surface area (Å²) in [7, 11) is 2.68. The first kappa shape index (κ1) is 26.6. The molecule has 1 atom stereocenters. The van der Waals surface area contributed by atoms with E-state index < -0.39 is 23.9 Å². The van der Waals surface area contributed by atoms with Gasteiger partial charge < -0.3 is 18.9 Å². The van der Waals surface area contributed by atoms with Gasteiger partial charge in [0.2, 0.25) is 0 Å². The summed E-state index contributed by atoms with van der Waals surface area (Å²) in [4.78, 5) is 54.3. The van der Waals surface area contributed by atoms with Crippen LogP contribution < -0.4 is 29.1 Å². The van der Waals surface area contributed by atoms with Crippen LogP contribution >= 0.6 is 11.3 Å². The monoisotopic (exact) mass is 536 g/mol. The zero-order chi connectivity index (χ0) is 27.6. The van der Waals surface area contributed by atoms with Crippen molar-refractivity contribution in [2.75, 3.05) is 14.2 Å². The summed E-state index contributed by atoms with van der Waals surface area (Å²) in [6.45, 7) is 4.25. The lowest BCUT2D eigenvalue weighted by atomic mass is 9.95. The number of allylic oxidation sites excluding steroid dienone is 1. The summed E-state index contributed by atoms with van der Waals surface area (Å²) < 4.78 is 22.6. The van der Waals surface area contributed by atoms with Gasteiger partial charge in [-0.05, 0) is 48.4 Å². The Labute approximate surface area is 221 Å². The normalized spacial score (nSPS) is 14.9. The van der Waals surface area contributed by atoms with Crippen molar-refractivity contribution in [1.29, 1.82) is 0 Å². The van der Waals surface area contributed by atoms with Gasteiger partial charge in [-0.25, -0.2) is 9.79 Å². The minimum Gasteiger partial charge on any atom is -0.493 e. The van der Waals surface area contributed by atoms with Crippen LogP contribution in [0.3, 0.4) is 0 Å². The summed E-state index contributed by atoms with van der Waals surface area (Å²) in [5.74, 6) is -0.816. The van der Waals surface area contributed by atoms with Crippen molar-refractivity contribution in [3.63, 3.8) is 0 Å². The topological polar surface area (TPSA) is 122 Å². The largest absolute Gasteiger partial charge is 0.493 e. The summed E-state index contributed by atoms with van der Waals surface area (Å²) in [6, 6.07) is 10.7. The van der Waals surface area contributed by atoms with Crippen LogP contribution in [0, 0.1) is 0 Å². The third-order valence-corrected chi connectivity index (χ3v) is 6.58. The van der Waals surface area contributed by atoms with E-state index in [2.05, 4.69) is 4.99 Å². The number of aromatic nitrogens is 1. The maximum absolute atomic E-state index is 13.7. The average molecular weight is 537 g/mol. The highest BCUT2D eigenvalue weighted by Crippen LogP contribution is 2.36. The quantitative estimate of drug-likeness (QED) is 0.347. The van der Waals surface area contributed by atoms with Crippen LogP contribution in [0.5, 0.6) is 17.2 Å². The van der Waals surface area contributed by atoms with Gasteiger partial charge in [0.15, 0.2) is 16.3 Å². The Balaban J connectivity index is 1.92. The molecule has 2 heterocycles. The lowest BCUT2D eigenvalue weighted by Gasteiger charge is -2.25. The maximum atomic E-state index is 13.7. The van der Waals surface area contributed by atoms with Crippen LogP contribution in [0.25, 0.3) is 6.08 Å². The number of carbonyl (C=O) groups is 3. The Morgan fingerprint density at radius 2 is 1.74 bits per heavy atom. The second-order valence-electron chi connectivity index (χ2n) is 8.24. The molecular formula is C27H24N2O8S. The third kappa shape index (κ3) is 5.28. The van der Waals surface area contributed by atoms with Gasteiger partial charge in [0, 0.05) is 13.8 Å². The molecule has 0 amide bonds. The zero-order valence-electron chi connectivity index (χ0n) is 21.3. The predicted molar refractivity (Wildman–Crippen MR) is 138 cm³/mol. The lowest BCUT2D eigenvalue weighted by molar-refractivity contribution is -0.136. The Kier molecular flexibility index (Phi) is 7.58. The molecule has 1 unspecified atom stereocenters. The minimum absolute atomic E-state index is 0.186. The first-order valence-corrected chi connectivity index (χ1v) is 12.2. The number of esters is 3. The molecule has 196 valence electrons. The van der Waals surface area contributed by atoms with E-state index in [0.29, 0.717) is 31.9 Å². The Hall–Kier alpha value is -4.51. The molecule has 1 aromatic heterocycles. The first-order chi connectivity index (χ1) is 18.1. The molecule has 0 aliphatic carbocycles. The van der Waals surface area contributed by atoms with E-state index in [0.717, 1.165) is 11.3 Å². The van der Waals surface area contributed by atoms with Crippen molar-refractivity contribution in [3.05, 3.63) is 84.5 Å². The summed E-state index contributed by atoms with van der Waals surface area (Å²) >= 11 is 1.16. The zero-order valence-corrected chi connectivity index (χ0v) is 22.1. The highest BCUT2D eigenvalue weighted by Gasteiger charge is 2.33. The number of benzene rings is 2. The molecule has 0 spiro atoms. The number of thiazole rings is 1. The lowest BCUT2D eigenvalue weighted by Crippen LogP contribution is -2.39. The van der Waals surface area contributed by atoms with Gasteiger partial charge in [-0.3, -0.25) is 19.0 Å². The second kappa shape index (κ2) is 10.9. The highest BCUT2D eigenvalue weighted by atomic mass is 32.1. The molecule has 0 saturated heterocycles. The van der Waals surface area contributed by atoms with Gasteiger partial charge >= 0.3 is 17.9 Å². The van der Waals surface area contributed by atoms with E-state index in [4.69, 9.17) is 18.9 Å². The second-order valence-corrected chi connectivity index (χ2v) is 9.25. The molecule has 1 aliphatic heterocycles. The van der Waals surface area contributed by atoms with Crippen LogP contribution in [-0.2, 0) is 19.1 Å². The molecule has 1 aliphatic rings. The molecule has 0 bridgehead atoms. The molecular weight excluding hydrogens is 512 g/mol. The number of fused-ring (bicyclic) bond motifs is 1. The molecule has 0 saturated carbocycles. The molecule has 0 fully saturated rings. The SMILES string of the molecule is COC(=O)C1=C(C)N=c2s/c(=C/c3cccc(OC(C)=O)c3)c(=O)n2C1c1ccc(OC(C)=O)c(OC)c1. The summed E-state index contributed by atoms with van der Waals surface area (Å²) in [5, 5.41) is 0. The Morgan fingerprint density at radius 1 is 1.00 bits per heavy atom. The molecule has 0 N–H and O–H groups in total. The highest BCUT2D eigenvalue weighted by molar-refractivity contribution is 7.07. The van der Waals surface area contributed by atoms with Crippen LogP contribution in [0.4, 0.5) is 0 Å². The maximum Gasteiger partial charge on any atom is 0.338 e. The Morgan fingerprint density at radius 3 is 2.39 bits per heavy atom.